The molecule has 0 bridgehead atoms. The lowest BCUT2D eigenvalue weighted by atomic mass is 10.2. The monoisotopic (exact) mass is 219 g/mol. The predicted octanol–water partition coefficient (Wildman–Crippen LogP) is 4.30. The van der Waals surface area contributed by atoms with Crippen molar-refractivity contribution in [3.8, 4) is 0 Å². The minimum absolute atomic E-state index is 0.760. The number of rotatable bonds is 0. The molecule has 1 fully saturated rings. The van der Waals surface area contributed by atoms with Crippen molar-refractivity contribution in [3.63, 3.8) is 0 Å². The van der Waals surface area contributed by atoms with Gasteiger partial charge in [-0.2, -0.15) is 0 Å². The first-order valence-electron chi connectivity index (χ1n) is 5.26. The first kappa shape index (κ1) is 10.4. The minimum atomic E-state index is 0.760. The van der Waals surface area contributed by atoms with Crippen molar-refractivity contribution < 1.29 is 0 Å². The highest BCUT2D eigenvalue weighted by molar-refractivity contribution is 6.35. The summed E-state index contributed by atoms with van der Waals surface area (Å²) in [5, 5.41) is 1.77. The lowest BCUT2D eigenvalue weighted by molar-refractivity contribution is 0.983. The average molecular weight is 220 g/mol. The minimum Gasteiger partial charge on any atom is -0.256 e. The molecule has 1 aliphatic carbocycles. The van der Waals surface area contributed by atoms with Crippen molar-refractivity contribution in [2.24, 2.45) is 5.92 Å². The fourth-order valence-corrected chi connectivity index (χ4v) is 1.44. The molecule has 0 amide bonds. The van der Waals surface area contributed by atoms with Crippen molar-refractivity contribution in [2.45, 2.75) is 19.8 Å². The van der Waals surface area contributed by atoms with Crippen molar-refractivity contribution in [1.82, 2.24) is 4.98 Å². The Balaban J connectivity index is 0.000000179. The highest BCUT2D eigenvalue weighted by Crippen LogP contribution is 2.26. The number of fused-ring (bicyclic) bond motifs is 1. The predicted molar refractivity (Wildman–Crippen MR) is 65.2 cm³/mol. The number of para-hydroxylation sites is 1. The molecule has 1 aliphatic rings. The fourth-order valence-electron chi connectivity index (χ4n) is 1.23. The van der Waals surface area contributed by atoms with Gasteiger partial charge in [0.05, 0.1) is 10.5 Å². The molecule has 0 radical (unpaired) electrons. The number of pyridine rings is 1. The van der Waals surface area contributed by atoms with Crippen LogP contribution in [0.5, 0.6) is 0 Å². The number of nitrogens with zero attached hydrogens (tertiary/aromatic N) is 1. The van der Waals surface area contributed by atoms with E-state index in [1.165, 1.54) is 12.8 Å². The summed E-state index contributed by atoms with van der Waals surface area (Å²) in [6, 6.07) is 9.61. The summed E-state index contributed by atoms with van der Waals surface area (Å²) in [6.07, 6.45) is 4.69. The van der Waals surface area contributed by atoms with Crippen molar-refractivity contribution in [1.29, 1.82) is 0 Å². The molecule has 2 heteroatoms. The van der Waals surface area contributed by atoms with Gasteiger partial charge in [0.15, 0.2) is 0 Å². The first-order chi connectivity index (χ1) is 7.27. The summed E-state index contributed by atoms with van der Waals surface area (Å²) in [5.74, 6) is 1.08. The maximum absolute atomic E-state index is 5.92. The summed E-state index contributed by atoms with van der Waals surface area (Å²) in [5.41, 5.74) is 0.944. The second-order valence-electron chi connectivity index (χ2n) is 3.99. The Hall–Kier alpha value is -1.08. The van der Waals surface area contributed by atoms with Crippen LogP contribution in [0.3, 0.4) is 0 Å². The van der Waals surface area contributed by atoms with Gasteiger partial charge in [-0.05, 0) is 18.1 Å². The number of benzene rings is 1. The van der Waals surface area contributed by atoms with Crippen LogP contribution in [0.2, 0.25) is 5.02 Å². The molecule has 1 aromatic heterocycles. The van der Waals surface area contributed by atoms with Crippen LogP contribution in [0.4, 0.5) is 0 Å². The highest BCUT2D eigenvalue weighted by atomic mass is 35.5. The van der Waals surface area contributed by atoms with Gasteiger partial charge in [0.1, 0.15) is 0 Å². The summed E-state index contributed by atoms with van der Waals surface area (Å²) in [7, 11) is 0. The highest BCUT2D eigenvalue weighted by Gasteiger charge is 2.12. The Labute approximate surface area is 95.1 Å². The molecule has 15 heavy (non-hydrogen) atoms. The van der Waals surface area contributed by atoms with E-state index in [4.69, 9.17) is 11.6 Å². The zero-order valence-electron chi connectivity index (χ0n) is 8.78. The second kappa shape index (κ2) is 4.63. The molecule has 0 saturated heterocycles. The van der Waals surface area contributed by atoms with E-state index in [2.05, 4.69) is 11.9 Å². The summed E-state index contributed by atoms with van der Waals surface area (Å²) >= 11 is 5.92. The SMILES string of the molecule is CC1CC1.Clc1ccnc2ccccc12. The van der Waals surface area contributed by atoms with E-state index in [0.29, 0.717) is 0 Å². The third-order valence-corrected chi connectivity index (χ3v) is 2.79. The van der Waals surface area contributed by atoms with E-state index in [9.17, 15) is 0 Å². The number of hydrogen-bond donors (Lipinski definition) is 0. The van der Waals surface area contributed by atoms with Gasteiger partial charge in [0, 0.05) is 11.6 Å². The largest absolute Gasteiger partial charge is 0.256 e. The van der Waals surface area contributed by atoms with Gasteiger partial charge in [-0.25, -0.2) is 0 Å². The van der Waals surface area contributed by atoms with E-state index < -0.39 is 0 Å². The van der Waals surface area contributed by atoms with E-state index in [0.717, 1.165) is 21.8 Å². The molecule has 0 N–H and O–H groups in total. The van der Waals surface area contributed by atoms with E-state index in [1.54, 1.807) is 12.3 Å². The van der Waals surface area contributed by atoms with Crippen LogP contribution in [-0.4, -0.2) is 4.98 Å². The zero-order valence-corrected chi connectivity index (χ0v) is 9.54. The number of aromatic nitrogens is 1. The summed E-state index contributed by atoms with van der Waals surface area (Å²) in [6.45, 7) is 2.28. The molecular weight excluding hydrogens is 206 g/mol. The third kappa shape index (κ3) is 2.93. The molecule has 1 saturated carbocycles. The van der Waals surface area contributed by atoms with Gasteiger partial charge >= 0.3 is 0 Å². The lowest BCUT2D eigenvalue weighted by Gasteiger charge is -1.96. The van der Waals surface area contributed by atoms with Gasteiger partial charge in [0.2, 0.25) is 0 Å². The van der Waals surface area contributed by atoms with E-state index >= 15 is 0 Å². The van der Waals surface area contributed by atoms with Gasteiger partial charge in [0.25, 0.3) is 0 Å². The van der Waals surface area contributed by atoms with Gasteiger partial charge in [-0.15, -0.1) is 0 Å². The maximum Gasteiger partial charge on any atom is 0.0716 e. The van der Waals surface area contributed by atoms with Crippen LogP contribution in [-0.2, 0) is 0 Å². The quantitative estimate of drug-likeness (QED) is 0.644. The van der Waals surface area contributed by atoms with Crippen LogP contribution < -0.4 is 0 Å². The van der Waals surface area contributed by atoms with Gasteiger partial charge in [-0.1, -0.05) is 49.6 Å². The molecule has 1 aromatic carbocycles. The normalized spacial score (nSPS) is 14.5. The van der Waals surface area contributed by atoms with Gasteiger partial charge < -0.3 is 0 Å². The van der Waals surface area contributed by atoms with Crippen molar-refractivity contribution in [3.05, 3.63) is 41.6 Å². The Morgan fingerprint density at radius 1 is 1.20 bits per heavy atom. The van der Waals surface area contributed by atoms with E-state index in [1.807, 2.05) is 24.3 Å². The first-order valence-corrected chi connectivity index (χ1v) is 5.64. The van der Waals surface area contributed by atoms with Crippen LogP contribution in [0.15, 0.2) is 36.5 Å². The van der Waals surface area contributed by atoms with Crippen LogP contribution in [0, 0.1) is 5.92 Å². The Morgan fingerprint density at radius 2 is 1.87 bits per heavy atom. The standard InChI is InChI=1S/C9H6ClN.C4H8/c10-8-5-6-11-9-4-2-1-3-7(8)9;1-4-2-3-4/h1-6H;4H,2-3H2,1H3. The van der Waals surface area contributed by atoms with Crippen LogP contribution in [0.1, 0.15) is 19.8 Å². The molecule has 0 spiro atoms. The molecule has 3 rings (SSSR count). The van der Waals surface area contributed by atoms with Crippen molar-refractivity contribution >= 4 is 22.5 Å². The Bertz CT molecular complexity index is 444. The summed E-state index contributed by atoms with van der Waals surface area (Å²) in [4.78, 5) is 4.16. The van der Waals surface area contributed by atoms with Gasteiger partial charge in [-0.3, -0.25) is 4.98 Å². The second-order valence-corrected chi connectivity index (χ2v) is 4.40. The average Bonchev–Trinajstić information content (AvgIpc) is 3.03. The fraction of sp³-hybridized carbons (Fsp3) is 0.308. The number of hydrogen-bond acceptors (Lipinski definition) is 1. The summed E-state index contributed by atoms with van der Waals surface area (Å²) < 4.78 is 0. The third-order valence-electron chi connectivity index (χ3n) is 2.46. The molecule has 78 valence electrons. The molecule has 0 atom stereocenters. The van der Waals surface area contributed by atoms with E-state index in [-0.39, 0.29) is 0 Å². The topological polar surface area (TPSA) is 12.9 Å². The zero-order chi connectivity index (χ0) is 10.7. The van der Waals surface area contributed by atoms with Crippen molar-refractivity contribution in [2.75, 3.05) is 0 Å². The molecule has 2 aromatic rings. The maximum atomic E-state index is 5.92. The molecule has 1 nitrogen and oxygen atoms in total. The molecule has 0 unspecified atom stereocenters. The Morgan fingerprint density at radius 3 is 2.47 bits per heavy atom. The molecular formula is C13H14ClN. The molecule has 1 heterocycles. The Kier molecular flexibility index (Phi) is 3.22. The molecule has 0 aliphatic heterocycles. The van der Waals surface area contributed by atoms with Crippen LogP contribution in [0.25, 0.3) is 10.9 Å². The lowest BCUT2D eigenvalue weighted by Crippen LogP contribution is -1.76. The number of halogens is 1. The smallest absolute Gasteiger partial charge is 0.0716 e. The van der Waals surface area contributed by atoms with Crippen LogP contribution >= 0.6 is 11.6 Å².